The van der Waals surface area contributed by atoms with Crippen LogP contribution in [-0.4, -0.2) is 45.6 Å². The second-order valence-corrected chi connectivity index (χ2v) is 7.42. The van der Waals surface area contributed by atoms with Gasteiger partial charge < -0.3 is 5.32 Å². The Balaban J connectivity index is 1.75. The highest BCUT2D eigenvalue weighted by Crippen LogP contribution is 2.31. The molecule has 0 aliphatic carbocycles. The van der Waals surface area contributed by atoms with Gasteiger partial charge in [-0.1, -0.05) is 30.0 Å². The Morgan fingerprint density at radius 3 is 2.79 bits per heavy atom. The van der Waals surface area contributed by atoms with Gasteiger partial charge in [-0.3, -0.25) is 14.5 Å². The minimum atomic E-state index is -4.41. The van der Waals surface area contributed by atoms with Gasteiger partial charge in [0.2, 0.25) is 11.8 Å². The molecular weight excluding hydrogens is 381 g/mol. The zero-order chi connectivity index (χ0) is 17.7. The molecular formula is C14H13F3N2O2S3. The summed E-state index contributed by atoms with van der Waals surface area (Å²) in [5.41, 5.74) is -0.744. The predicted octanol–water partition coefficient (Wildman–Crippen LogP) is 2.77. The lowest BCUT2D eigenvalue weighted by molar-refractivity contribution is -0.137. The topological polar surface area (TPSA) is 49.4 Å². The molecule has 0 unspecified atom stereocenters. The van der Waals surface area contributed by atoms with Crippen LogP contribution in [0.2, 0.25) is 0 Å². The molecule has 1 heterocycles. The summed E-state index contributed by atoms with van der Waals surface area (Å²) in [5, 5.41) is 2.62. The van der Waals surface area contributed by atoms with Crippen LogP contribution in [0, 0.1) is 0 Å². The van der Waals surface area contributed by atoms with Gasteiger partial charge in [-0.25, -0.2) is 0 Å². The number of benzene rings is 1. The van der Waals surface area contributed by atoms with Crippen LogP contribution in [0.4, 0.5) is 13.2 Å². The molecule has 1 aliphatic rings. The van der Waals surface area contributed by atoms with Crippen molar-refractivity contribution in [2.45, 2.75) is 11.1 Å². The van der Waals surface area contributed by atoms with Crippen molar-refractivity contribution in [2.75, 3.05) is 24.6 Å². The second-order valence-electron chi connectivity index (χ2n) is 4.76. The Hall–Kier alpha value is -1.26. The summed E-state index contributed by atoms with van der Waals surface area (Å²) in [6.45, 7) is 0.541. The third-order valence-electron chi connectivity index (χ3n) is 3.03. The van der Waals surface area contributed by atoms with Crippen molar-refractivity contribution in [3.8, 4) is 0 Å². The average molecular weight is 394 g/mol. The van der Waals surface area contributed by atoms with Crippen LogP contribution in [0.5, 0.6) is 0 Å². The van der Waals surface area contributed by atoms with Gasteiger partial charge in [0.25, 0.3) is 0 Å². The first-order valence-electron chi connectivity index (χ1n) is 6.81. The van der Waals surface area contributed by atoms with E-state index in [1.807, 2.05) is 0 Å². The maximum atomic E-state index is 12.6. The lowest BCUT2D eigenvalue weighted by Gasteiger charge is -2.15. The third kappa shape index (κ3) is 5.38. The molecule has 1 aromatic carbocycles. The smallest absolute Gasteiger partial charge is 0.354 e. The largest absolute Gasteiger partial charge is 0.416 e. The molecule has 0 bridgehead atoms. The van der Waals surface area contributed by atoms with Gasteiger partial charge in [0, 0.05) is 18.0 Å². The number of rotatable bonds is 6. The van der Waals surface area contributed by atoms with Crippen molar-refractivity contribution in [3.05, 3.63) is 29.8 Å². The van der Waals surface area contributed by atoms with E-state index in [-0.39, 0.29) is 24.1 Å². The first-order chi connectivity index (χ1) is 11.3. The molecule has 1 aliphatic heterocycles. The summed E-state index contributed by atoms with van der Waals surface area (Å²) in [5.74, 6) is -0.0904. The van der Waals surface area contributed by atoms with Gasteiger partial charge in [-0.15, -0.1) is 11.8 Å². The van der Waals surface area contributed by atoms with E-state index in [0.717, 1.165) is 23.9 Å². The number of hydrogen-bond donors (Lipinski definition) is 1. The monoisotopic (exact) mass is 394 g/mol. The van der Waals surface area contributed by atoms with Crippen LogP contribution in [0.3, 0.4) is 0 Å². The Kier molecular flexibility index (Phi) is 6.53. The maximum absolute atomic E-state index is 12.6. The van der Waals surface area contributed by atoms with Crippen LogP contribution in [-0.2, 0) is 15.8 Å². The van der Waals surface area contributed by atoms with Crippen molar-refractivity contribution in [1.29, 1.82) is 0 Å². The number of amides is 2. The average Bonchev–Trinajstić information content (AvgIpc) is 2.84. The molecule has 1 fully saturated rings. The van der Waals surface area contributed by atoms with Gasteiger partial charge in [0.1, 0.15) is 4.32 Å². The van der Waals surface area contributed by atoms with Crippen molar-refractivity contribution < 1.29 is 22.8 Å². The SMILES string of the molecule is O=C(CSc1cccc(C(F)(F)F)c1)NCCN1C(=O)CSC1=S. The van der Waals surface area contributed by atoms with E-state index >= 15 is 0 Å². The third-order valence-corrected chi connectivity index (χ3v) is 5.46. The van der Waals surface area contributed by atoms with Crippen molar-refractivity contribution in [1.82, 2.24) is 10.2 Å². The minimum absolute atomic E-state index is 0.00550. The molecule has 0 spiro atoms. The maximum Gasteiger partial charge on any atom is 0.416 e. The zero-order valence-electron chi connectivity index (χ0n) is 12.3. The Morgan fingerprint density at radius 2 is 2.17 bits per heavy atom. The van der Waals surface area contributed by atoms with Gasteiger partial charge in [-0.2, -0.15) is 13.2 Å². The highest BCUT2D eigenvalue weighted by Gasteiger charge is 2.30. The fraction of sp³-hybridized carbons (Fsp3) is 0.357. The number of thioether (sulfide) groups is 2. The quantitative estimate of drug-likeness (QED) is 0.594. The van der Waals surface area contributed by atoms with E-state index in [0.29, 0.717) is 21.5 Å². The number of hydrogen-bond acceptors (Lipinski definition) is 5. The van der Waals surface area contributed by atoms with E-state index < -0.39 is 11.7 Å². The highest BCUT2D eigenvalue weighted by molar-refractivity contribution is 8.23. The molecule has 2 amide bonds. The van der Waals surface area contributed by atoms with Crippen LogP contribution < -0.4 is 5.32 Å². The predicted molar refractivity (Wildman–Crippen MR) is 91.9 cm³/mol. The molecule has 1 aromatic rings. The van der Waals surface area contributed by atoms with Crippen LogP contribution in [0.25, 0.3) is 0 Å². The van der Waals surface area contributed by atoms with E-state index in [9.17, 15) is 22.8 Å². The summed E-state index contributed by atoms with van der Waals surface area (Å²) >= 11 is 7.32. The van der Waals surface area contributed by atoms with Crippen LogP contribution in [0.15, 0.2) is 29.2 Å². The standard InChI is InChI=1S/C14H13F3N2O2S3/c15-14(16,17)9-2-1-3-10(6-9)23-7-11(20)18-4-5-19-12(21)8-24-13(19)22/h1-3,6H,4-5,7-8H2,(H,18,20). The number of alkyl halides is 3. The van der Waals surface area contributed by atoms with Gasteiger partial charge in [0.05, 0.1) is 17.1 Å². The van der Waals surface area contributed by atoms with E-state index in [1.54, 1.807) is 0 Å². The van der Waals surface area contributed by atoms with Crippen LogP contribution >= 0.6 is 35.7 Å². The lowest BCUT2D eigenvalue weighted by atomic mass is 10.2. The van der Waals surface area contributed by atoms with Gasteiger partial charge in [-0.05, 0) is 18.2 Å². The molecule has 1 saturated heterocycles. The molecule has 130 valence electrons. The summed E-state index contributed by atoms with van der Waals surface area (Å²) in [4.78, 5) is 25.0. The minimum Gasteiger partial charge on any atom is -0.354 e. The number of halogens is 3. The van der Waals surface area contributed by atoms with Crippen molar-refractivity contribution >= 4 is 51.9 Å². The summed E-state index contributed by atoms with van der Waals surface area (Å²) in [6.07, 6.45) is -4.41. The normalized spacial score (nSPS) is 15.0. The van der Waals surface area contributed by atoms with Gasteiger partial charge in [0.15, 0.2) is 0 Å². The molecule has 1 N–H and O–H groups in total. The summed E-state index contributed by atoms with van der Waals surface area (Å²) in [7, 11) is 0. The number of thiocarbonyl (C=S) groups is 1. The molecule has 2 rings (SSSR count). The summed E-state index contributed by atoms with van der Waals surface area (Å²) < 4.78 is 38.3. The lowest BCUT2D eigenvalue weighted by Crippen LogP contribution is -2.37. The molecule has 4 nitrogen and oxygen atoms in total. The van der Waals surface area contributed by atoms with E-state index in [4.69, 9.17) is 12.2 Å². The van der Waals surface area contributed by atoms with Crippen molar-refractivity contribution in [3.63, 3.8) is 0 Å². The fourth-order valence-electron chi connectivity index (χ4n) is 1.87. The molecule has 0 aromatic heterocycles. The molecule has 0 radical (unpaired) electrons. The molecule has 10 heteroatoms. The van der Waals surface area contributed by atoms with Crippen molar-refractivity contribution in [2.24, 2.45) is 0 Å². The number of carbonyl (C=O) groups excluding carboxylic acids is 2. The second kappa shape index (κ2) is 8.21. The Labute approximate surface area is 150 Å². The first-order valence-corrected chi connectivity index (χ1v) is 9.19. The number of nitrogens with zero attached hydrogens (tertiary/aromatic N) is 1. The van der Waals surface area contributed by atoms with Gasteiger partial charge >= 0.3 is 6.18 Å². The number of nitrogens with one attached hydrogen (secondary N) is 1. The number of carbonyl (C=O) groups is 2. The van der Waals surface area contributed by atoms with E-state index in [1.165, 1.54) is 28.8 Å². The van der Waals surface area contributed by atoms with Crippen LogP contribution in [0.1, 0.15) is 5.56 Å². The Morgan fingerprint density at radius 1 is 1.42 bits per heavy atom. The zero-order valence-corrected chi connectivity index (χ0v) is 14.7. The highest BCUT2D eigenvalue weighted by atomic mass is 32.2. The Bertz CT molecular complexity index is 636. The fourth-order valence-corrected chi connectivity index (χ4v) is 3.77. The first kappa shape index (κ1) is 19.1. The van der Waals surface area contributed by atoms with E-state index in [2.05, 4.69) is 5.32 Å². The molecule has 0 saturated carbocycles. The summed E-state index contributed by atoms with van der Waals surface area (Å²) in [6, 6.07) is 4.82. The molecule has 24 heavy (non-hydrogen) atoms. The molecule has 0 atom stereocenters.